The Morgan fingerprint density at radius 1 is 1.24 bits per heavy atom. The maximum absolute atomic E-state index is 13.5. The molecule has 0 amide bonds. The van der Waals surface area contributed by atoms with Crippen LogP contribution >= 0.6 is 0 Å². The van der Waals surface area contributed by atoms with Crippen molar-refractivity contribution in [2.24, 2.45) is 0 Å². The second-order valence-corrected chi connectivity index (χ2v) is 8.11. The summed E-state index contributed by atoms with van der Waals surface area (Å²) in [6.07, 6.45) is 0.833. The third kappa shape index (κ3) is 3.44. The highest BCUT2D eigenvalue weighted by Crippen LogP contribution is 2.42. The maximum Gasteiger partial charge on any atom is 0.293 e. The van der Waals surface area contributed by atoms with E-state index in [0.717, 1.165) is 27.7 Å². The topological polar surface area (TPSA) is 109 Å². The van der Waals surface area contributed by atoms with E-state index in [1.807, 2.05) is 25.1 Å². The Hall–Kier alpha value is -3.43. The van der Waals surface area contributed by atoms with Crippen molar-refractivity contribution >= 4 is 17.4 Å². The molecule has 3 aromatic rings. The Morgan fingerprint density at radius 3 is 2.76 bits per heavy atom. The summed E-state index contributed by atoms with van der Waals surface area (Å²) < 4.78 is 23.2. The molecule has 2 aliphatic heterocycles. The van der Waals surface area contributed by atoms with Crippen LogP contribution in [-0.2, 0) is 33.8 Å². The number of fused-ring (bicyclic) bond motifs is 5. The van der Waals surface area contributed by atoms with E-state index in [-0.39, 0.29) is 31.7 Å². The molecule has 0 spiro atoms. The second-order valence-electron chi connectivity index (χ2n) is 8.11. The number of pyridine rings is 2. The lowest BCUT2D eigenvalue weighted by molar-refractivity contribution is -0.129. The number of ether oxygens (including phenoxy) is 4. The fraction of sp³-hybridized carbons (Fsp3) is 0.375. The molecule has 2 aliphatic rings. The number of aryl methyl sites for hydroxylation is 1. The van der Waals surface area contributed by atoms with E-state index in [1.165, 1.54) is 0 Å². The van der Waals surface area contributed by atoms with Gasteiger partial charge in [0.1, 0.15) is 6.61 Å². The van der Waals surface area contributed by atoms with Crippen molar-refractivity contribution in [3.63, 3.8) is 0 Å². The summed E-state index contributed by atoms with van der Waals surface area (Å²) in [5.41, 5.74) is 4.92. The van der Waals surface area contributed by atoms with Crippen LogP contribution < -0.4 is 15.0 Å². The number of rotatable bonds is 8. The largest absolute Gasteiger partial charge is 0.463 e. The molecule has 1 aromatic carbocycles. The zero-order valence-corrected chi connectivity index (χ0v) is 18.4. The van der Waals surface area contributed by atoms with Crippen LogP contribution in [-0.4, -0.2) is 41.6 Å². The quantitative estimate of drug-likeness (QED) is 0.406. The van der Waals surface area contributed by atoms with Crippen LogP contribution in [0.3, 0.4) is 0 Å². The van der Waals surface area contributed by atoms with Gasteiger partial charge in [0.2, 0.25) is 6.79 Å². The highest BCUT2D eigenvalue weighted by molar-refractivity contribution is 5.90. The molecule has 0 saturated heterocycles. The lowest BCUT2D eigenvalue weighted by Crippen LogP contribution is -2.26. The number of aromatic nitrogens is 2. The lowest BCUT2D eigenvalue weighted by Gasteiger charge is -2.17. The van der Waals surface area contributed by atoms with Crippen molar-refractivity contribution in [1.29, 1.82) is 0 Å². The van der Waals surface area contributed by atoms with Gasteiger partial charge in [0.05, 0.1) is 35.1 Å². The van der Waals surface area contributed by atoms with Gasteiger partial charge >= 0.3 is 0 Å². The Kier molecular flexibility index (Phi) is 5.51. The van der Waals surface area contributed by atoms with Gasteiger partial charge in [0, 0.05) is 30.7 Å². The van der Waals surface area contributed by atoms with Crippen molar-refractivity contribution in [3.05, 3.63) is 50.8 Å². The van der Waals surface area contributed by atoms with Crippen molar-refractivity contribution in [1.82, 2.24) is 9.55 Å². The molecule has 4 heterocycles. The number of nitrogens with zero attached hydrogens (tertiary/aromatic N) is 2. The average Bonchev–Trinajstić information content (AvgIpc) is 3.43. The van der Waals surface area contributed by atoms with Crippen LogP contribution in [0.5, 0.6) is 11.5 Å². The highest BCUT2D eigenvalue weighted by atomic mass is 16.7. The molecule has 2 aromatic heterocycles. The summed E-state index contributed by atoms with van der Waals surface area (Å²) in [7, 11) is 1.56. The molecule has 0 aliphatic carbocycles. The van der Waals surface area contributed by atoms with Crippen molar-refractivity contribution in [2.45, 2.75) is 39.0 Å². The molecule has 0 saturated carbocycles. The number of hydrogen-bond acceptors (Lipinski definition) is 8. The monoisotopic (exact) mass is 452 g/mol. The molecule has 9 nitrogen and oxygen atoms in total. The number of hydrogen-bond donors (Lipinski definition) is 1. The van der Waals surface area contributed by atoms with E-state index < -0.39 is 0 Å². The molecular formula is C24H24N2O7. The first-order chi connectivity index (χ1) is 16.1. The first kappa shape index (κ1) is 21.4. The highest BCUT2D eigenvalue weighted by Gasteiger charge is 2.30. The fourth-order valence-electron chi connectivity index (χ4n) is 4.65. The van der Waals surface area contributed by atoms with Crippen LogP contribution in [0, 0.1) is 0 Å². The van der Waals surface area contributed by atoms with E-state index in [2.05, 4.69) is 0 Å². The molecule has 1 unspecified atom stereocenters. The molecule has 0 radical (unpaired) electrons. The first-order valence-electron chi connectivity index (χ1n) is 10.8. The van der Waals surface area contributed by atoms with Gasteiger partial charge in [0.15, 0.2) is 11.5 Å². The zero-order chi connectivity index (χ0) is 23.1. The molecule has 1 atom stereocenters. The van der Waals surface area contributed by atoms with Gasteiger partial charge in [-0.25, -0.2) is 4.98 Å². The SMILES string of the molecule is COC(C)c1cc2n(c(=O)c1COC=O)Cc1c-2nc2cc3c(cc2c1CCCO)OCO3. The van der Waals surface area contributed by atoms with Gasteiger partial charge in [-0.3, -0.25) is 9.59 Å². The summed E-state index contributed by atoms with van der Waals surface area (Å²) in [6.45, 7) is 2.61. The number of benzene rings is 1. The minimum atomic E-state index is -0.374. The third-order valence-corrected chi connectivity index (χ3v) is 6.36. The Morgan fingerprint density at radius 2 is 2.03 bits per heavy atom. The number of methoxy groups -OCH3 is 1. The molecule has 0 fully saturated rings. The van der Waals surface area contributed by atoms with Gasteiger partial charge < -0.3 is 28.6 Å². The Bertz CT molecular complexity index is 1310. The average molecular weight is 452 g/mol. The summed E-state index contributed by atoms with van der Waals surface area (Å²) in [4.78, 5) is 29.2. The maximum atomic E-state index is 13.5. The van der Waals surface area contributed by atoms with Crippen molar-refractivity contribution < 1.29 is 28.8 Å². The van der Waals surface area contributed by atoms with Gasteiger partial charge in [-0.2, -0.15) is 0 Å². The smallest absolute Gasteiger partial charge is 0.293 e. The molecule has 1 N–H and O–H groups in total. The lowest BCUT2D eigenvalue weighted by atomic mass is 9.96. The van der Waals surface area contributed by atoms with Crippen LogP contribution in [0.2, 0.25) is 0 Å². The van der Waals surface area contributed by atoms with Crippen molar-refractivity contribution in [2.75, 3.05) is 20.5 Å². The summed E-state index contributed by atoms with van der Waals surface area (Å²) >= 11 is 0. The van der Waals surface area contributed by atoms with Gasteiger partial charge in [-0.1, -0.05) is 0 Å². The fourth-order valence-corrected chi connectivity index (χ4v) is 4.65. The predicted octanol–water partition coefficient (Wildman–Crippen LogP) is 2.46. The zero-order valence-electron chi connectivity index (χ0n) is 18.4. The van der Waals surface area contributed by atoms with Gasteiger partial charge in [0.25, 0.3) is 12.0 Å². The number of carbonyl (C=O) groups is 1. The van der Waals surface area contributed by atoms with Crippen LogP contribution in [0.1, 0.15) is 41.7 Å². The second kappa shape index (κ2) is 8.49. The predicted molar refractivity (Wildman–Crippen MR) is 118 cm³/mol. The molecule has 0 bridgehead atoms. The molecule has 172 valence electrons. The molecule has 33 heavy (non-hydrogen) atoms. The minimum Gasteiger partial charge on any atom is -0.463 e. The normalized spacial score (nSPS) is 14.3. The van der Waals surface area contributed by atoms with E-state index in [9.17, 15) is 14.7 Å². The minimum absolute atomic E-state index is 0.0543. The Balaban J connectivity index is 1.75. The van der Waals surface area contributed by atoms with E-state index in [0.29, 0.717) is 54.2 Å². The Labute approximate surface area is 189 Å². The van der Waals surface area contributed by atoms with Crippen LogP contribution in [0.25, 0.3) is 22.3 Å². The number of aliphatic hydroxyl groups is 1. The van der Waals surface area contributed by atoms with E-state index in [1.54, 1.807) is 11.7 Å². The molecular weight excluding hydrogens is 428 g/mol. The third-order valence-electron chi connectivity index (χ3n) is 6.36. The summed E-state index contributed by atoms with van der Waals surface area (Å²) in [5, 5.41) is 10.4. The molecule has 9 heteroatoms. The van der Waals surface area contributed by atoms with E-state index >= 15 is 0 Å². The van der Waals surface area contributed by atoms with Crippen LogP contribution in [0.15, 0.2) is 23.0 Å². The summed E-state index contributed by atoms with van der Waals surface area (Å²) in [5.74, 6) is 1.29. The van der Waals surface area contributed by atoms with Gasteiger partial charge in [-0.05, 0) is 43.0 Å². The number of carbonyl (C=O) groups excluding carboxylic acids is 1. The summed E-state index contributed by atoms with van der Waals surface area (Å²) in [6, 6.07) is 5.67. The van der Waals surface area contributed by atoms with Crippen molar-refractivity contribution in [3.8, 4) is 22.9 Å². The standard InChI is InChI=1S/C24H24N2O7/c1-13(30-2)15-6-20-23-17(9-26(20)24(29)18(15)10-31-11-28)14(4-3-5-27)16-7-21-22(33-12-32-21)8-19(16)25-23/h6-8,11,13,27H,3-5,9-10,12H2,1-2H3. The first-order valence-corrected chi connectivity index (χ1v) is 10.8. The number of aliphatic hydroxyl groups excluding tert-OH is 1. The van der Waals surface area contributed by atoms with Crippen LogP contribution in [0.4, 0.5) is 0 Å². The van der Waals surface area contributed by atoms with Gasteiger partial charge in [-0.15, -0.1) is 0 Å². The molecule has 5 rings (SSSR count). The van der Waals surface area contributed by atoms with E-state index in [4.69, 9.17) is 23.9 Å².